The first-order valence-corrected chi connectivity index (χ1v) is 7.16. The van der Waals surface area contributed by atoms with E-state index in [2.05, 4.69) is 14.9 Å². The highest BCUT2D eigenvalue weighted by molar-refractivity contribution is 7.08. The number of hydrogen-bond donors (Lipinski definition) is 1. The van der Waals surface area contributed by atoms with Crippen molar-refractivity contribution in [3.8, 4) is 0 Å². The summed E-state index contributed by atoms with van der Waals surface area (Å²) in [5.74, 6) is -0.0157. The van der Waals surface area contributed by atoms with Crippen LogP contribution in [0.3, 0.4) is 0 Å². The molecule has 1 saturated heterocycles. The third-order valence-corrected chi connectivity index (χ3v) is 5.15. The number of ether oxygens (including phenoxy) is 1. The van der Waals surface area contributed by atoms with Gasteiger partial charge in [0.25, 0.3) is 5.91 Å². The molecule has 1 amide bonds. The van der Waals surface area contributed by atoms with Gasteiger partial charge in [-0.25, -0.2) is 0 Å². The van der Waals surface area contributed by atoms with Crippen molar-refractivity contribution in [1.29, 1.82) is 0 Å². The molecule has 1 atom stereocenters. The van der Waals surface area contributed by atoms with E-state index in [-0.39, 0.29) is 5.91 Å². The van der Waals surface area contributed by atoms with Gasteiger partial charge in [-0.15, -0.1) is 5.10 Å². The molecule has 1 aromatic rings. The Kier molecular flexibility index (Phi) is 3.07. The summed E-state index contributed by atoms with van der Waals surface area (Å²) in [5, 5.41) is 7.04. The SMILES string of the molecule is Cc1nnsc1C(=O)NC1CCC12CCOCC2. The smallest absolute Gasteiger partial charge is 0.265 e. The van der Waals surface area contributed by atoms with Crippen molar-refractivity contribution in [2.45, 2.75) is 38.6 Å². The molecular formula is C12H17N3O2S. The van der Waals surface area contributed by atoms with Crippen molar-refractivity contribution in [2.75, 3.05) is 13.2 Å². The molecule has 1 aliphatic carbocycles. The summed E-state index contributed by atoms with van der Waals surface area (Å²) in [6, 6.07) is 0.301. The maximum atomic E-state index is 12.1. The third kappa shape index (κ3) is 1.93. The fourth-order valence-corrected chi connectivity index (χ4v) is 3.52. The van der Waals surface area contributed by atoms with Gasteiger partial charge < -0.3 is 10.1 Å². The van der Waals surface area contributed by atoms with Crippen molar-refractivity contribution in [3.05, 3.63) is 10.6 Å². The number of carbonyl (C=O) groups is 1. The second-order valence-electron chi connectivity index (χ2n) is 5.23. The zero-order valence-electron chi connectivity index (χ0n) is 10.4. The molecule has 18 heavy (non-hydrogen) atoms. The molecule has 0 radical (unpaired) electrons. The van der Waals surface area contributed by atoms with Crippen LogP contribution in [0.15, 0.2) is 0 Å². The Balaban J connectivity index is 1.66. The van der Waals surface area contributed by atoms with Crippen molar-refractivity contribution < 1.29 is 9.53 Å². The van der Waals surface area contributed by atoms with Crippen LogP contribution in [0.5, 0.6) is 0 Å². The normalized spacial score (nSPS) is 25.7. The fourth-order valence-electron chi connectivity index (χ4n) is 2.96. The van der Waals surface area contributed by atoms with Gasteiger partial charge in [-0.3, -0.25) is 4.79 Å². The van der Waals surface area contributed by atoms with Crippen LogP contribution in [0.1, 0.15) is 41.0 Å². The average Bonchev–Trinajstić information content (AvgIpc) is 2.82. The lowest BCUT2D eigenvalue weighted by atomic mass is 9.60. The first kappa shape index (κ1) is 12.0. The Morgan fingerprint density at radius 3 is 2.78 bits per heavy atom. The van der Waals surface area contributed by atoms with Gasteiger partial charge in [-0.05, 0) is 49.6 Å². The largest absolute Gasteiger partial charge is 0.381 e. The number of aromatic nitrogens is 2. The average molecular weight is 267 g/mol. The first-order chi connectivity index (χ1) is 8.71. The lowest BCUT2D eigenvalue weighted by Crippen LogP contribution is -2.57. The zero-order chi connectivity index (χ0) is 12.6. The van der Waals surface area contributed by atoms with Crippen LogP contribution in [0.2, 0.25) is 0 Å². The van der Waals surface area contributed by atoms with Crippen molar-refractivity contribution in [1.82, 2.24) is 14.9 Å². The number of hydrogen-bond acceptors (Lipinski definition) is 5. The van der Waals surface area contributed by atoms with Crippen LogP contribution in [-0.2, 0) is 4.74 Å². The molecule has 98 valence electrons. The van der Waals surface area contributed by atoms with Gasteiger partial charge >= 0.3 is 0 Å². The minimum atomic E-state index is -0.0157. The molecule has 5 nitrogen and oxygen atoms in total. The Morgan fingerprint density at radius 1 is 1.44 bits per heavy atom. The molecule has 1 N–H and O–H groups in total. The first-order valence-electron chi connectivity index (χ1n) is 6.39. The van der Waals surface area contributed by atoms with E-state index in [1.54, 1.807) is 0 Å². The lowest BCUT2D eigenvalue weighted by Gasteiger charge is -2.52. The van der Waals surface area contributed by atoms with Gasteiger partial charge in [0.05, 0.1) is 5.69 Å². The molecule has 1 aromatic heterocycles. The van der Waals surface area contributed by atoms with E-state index >= 15 is 0 Å². The van der Waals surface area contributed by atoms with Crippen LogP contribution in [0.25, 0.3) is 0 Å². The van der Waals surface area contributed by atoms with E-state index < -0.39 is 0 Å². The van der Waals surface area contributed by atoms with E-state index in [0.29, 0.717) is 16.3 Å². The maximum Gasteiger partial charge on any atom is 0.265 e. The van der Waals surface area contributed by atoms with Crippen LogP contribution < -0.4 is 5.32 Å². The summed E-state index contributed by atoms with van der Waals surface area (Å²) in [7, 11) is 0. The van der Waals surface area contributed by atoms with Gasteiger partial charge in [-0.2, -0.15) is 0 Å². The molecular weight excluding hydrogens is 250 g/mol. The molecule has 2 aliphatic rings. The van der Waals surface area contributed by atoms with Crippen molar-refractivity contribution in [2.24, 2.45) is 5.41 Å². The topological polar surface area (TPSA) is 64.1 Å². The molecule has 1 saturated carbocycles. The molecule has 0 bridgehead atoms. The highest BCUT2D eigenvalue weighted by atomic mass is 32.1. The van der Waals surface area contributed by atoms with E-state index in [9.17, 15) is 4.79 Å². The summed E-state index contributed by atoms with van der Waals surface area (Å²) in [4.78, 5) is 12.8. The van der Waals surface area contributed by atoms with Gasteiger partial charge in [0.2, 0.25) is 0 Å². The Morgan fingerprint density at radius 2 is 2.22 bits per heavy atom. The van der Waals surface area contributed by atoms with Crippen LogP contribution in [0, 0.1) is 12.3 Å². The monoisotopic (exact) mass is 267 g/mol. The molecule has 3 rings (SSSR count). The molecule has 2 fully saturated rings. The van der Waals surface area contributed by atoms with Crippen molar-refractivity contribution >= 4 is 17.4 Å². The summed E-state index contributed by atoms with van der Waals surface area (Å²) in [6.07, 6.45) is 4.42. The number of carbonyl (C=O) groups excluding carboxylic acids is 1. The van der Waals surface area contributed by atoms with Gasteiger partial charge in [0.15, 0.2) is 0 Å². The van der Waals surface area contributed by atoms with E-state index in [1.807, 2.05) is 6.92 Å². The standard InChI is InChI=1S/C12H17N3O2S/c1-8-10(18-15-14-8)11(16)13-9-2-3-12(9)4-6-17-7-5-12/h9H,2-7H2,1H3,(H,13,16). The second kappa shape index (κ2) is 4.59. The number of rotatable bonds is 2. The van der Waals surface area contributed by atoms with Gasteiger partial charge in [0.1, 0.15) is 4.88 Å². The number of nitrogens with one attached hydrogen (secondary N) is 1. The van der Waals surface area contributed by atoms with Crippen molar-refractivity contribution in [3.63, 3.8) is 0 Å². The highest BCUT2D eigenvalue weighted by Gasteiger charge is 2.48. The molecule has 0 aromatic carbocycles. The quantitative estimate of drug-likeness (QED) is 0.882. The minimum absolute atomic E-state index is 0.0157. The van der Waals surface area contributed by atoms with Crippen LogP contribution in [0.4, 0.5) is 0 Å². The van der Waals surface area contributed by atoms with E-state index in [0.717, 1.165) is 38.2 Å². The summed E-state index contributed by atoms with van der Waals surface area (Å²) < 4.78 is 9.22. The van der Waals surface area contributed by atoms with Gasteiger partial charge in [-0.1, -0.05) is 4.49 Å². The van der Waals surface area contributed by atoms with Crippen LogP contribution >= 0.6 is 11.5 Å². The van der Waals surface area contributed by atoms with E-state index in [1.165, 1.54) is 18.0 Å². The Bertz CT molecular complexity index is 454. The molecule has 1 unspecified atom stereocenters. The fraction of sp³-hybridized carbons (Fsp3) is 0.750. The summed E-state index contributed by atoms with van der Waals surface area (Å²) in [5.41, 5.74) is 1.01. The zero-order valence-corrected chi connectivity index (χ0v) is 11.3. The van der Waals surface area contributed by atoms with E-state index in [4.69, 9.17) is 4.74 Å². The summed E-state index contributed by atoms with van der Waals surface area (Å²) in [6.45, 7) is 3.48. The molecule has 2 heterocycles. The predicted octanol–water partition coefficient (Wildman–Crippen LogP) is 1.54. The Hall–Kier alpha value is -1.01. The predicted molar refractivity (Wildman–Crippen MR) is 67.6 cm³/mol. The lowest BCUT2D eigenvalue weighted by molar-refractivity contribution is -0.0522. The second-order valence-corrected chi connectivity index (χ2v) is 5.98. The number of amides is 1. The number of aryl methyl sites for hydroxylation is 1. The minimum Gasteiger partial charge on any atom is -0.381 e. The Labute approximate surface area is 110 Å². The third-order valence-electron chi connectivity index (χ3n) is 4.32. The maximum absolute atomic E-state index is 12.1. The molecule has 6 heteroatoms. The highest BCUT2D eigenvalue weighted by Crippen LogP contribution is 2.48. The van der Waals surface area contributed by atoms with Crippen LogP contribution in [-0.4, -0.2) is 34.7 Å². The summed E-state index contributed by atoms with van der Waals surface area (Å²) >= 11 is 1.17. The van der Waals surface area contributed by atoms with Gasteiger partial charge in [0, 0.05) is 19.3 Å². The molecule has 1 aliphatic heterocycles. The molecule has 1 spiro atoms. The number of nitrogens with zero attached hydrogens (tertiary/aromatic N) is 2.